The van der Waals surface area contributed by atoms with E-state index < -0.39 is 17.5 Å². The average molecular weight is 151 g/mol. The molecular formula is C5H7F2NO2. The van der Waals surface area contributed by atoms with Gasteiger partial charge in [0, 0.05) is 5.34 Å². The standard InChI is InChI=1S/C5H7F2NO2/c1-3-4(2)10-5(9)8(6)7/h3-4H,1H2,2H3. The van der Waals surface area contributed by atoms with Crippen LogP contribution in [0, 0.1) is 0 Å². The summed E-state index contributed by atoms with van der Waals surface area (Å²) in [6.45, 7) is 4.66. The molecule has 58 valence electrons. The predicted octanol–water partition coefficient (Wildman–Crippen LogP) is 1.77. The van der Waals surface area contributed by atoms with E-state index in [-0.39, 0.29) is 0 Å². The molecule has 0 radical (unpaired) electrons. The van der Waals surface area contributed by atoms with Gasteiger partial charge in [-0.1, -0.05) is 21.6 Å². The molecule has 0 N–H and O–H groups in total. The molecule has 0 rings (SSSR count). The summed E-state index contributed by atoms with van der Waals surface area (Å²) in [5.74, 6) is 0. The summed E-state index contributed by atoms with van der Waals surface area (Å²) in [6, 6.07) is 0. The molecule has 1 atom stereocenters. The number of carbonyl (C=O) groups is 1. The highest BCUT2D eigenvalue weighted by Crippen LogP contribution is 1.99. The van der Waals surface area contributed by atoms with E-state index in [0.717, 1.165) is 0 Å². The third-order valence-corrected chi connectivity index (χ3v) is 0.757. The highest BCUT2D eigenvalue weighted by Gasteiger charge is 2.14. The first-order chi connectivity index (χ1) is 4.57. The van der Waals surface area contributed by atoms with E-state index in [1.807, 2.05) is 0 Å². The van der Waals surface area contributed by atoms with Gasteiger partial charge in [0.25, 0.3) is 0 Å². The first-order valence-electron chi connectivity index (χ1n) is 2.52. The lowest BCUT2D eigenvalue weighted by molar-refractivity contribution is -0.128. The quantitative estimate of drug-likeness (QED) is 0.444. The van der Waals surface area contributed by atoms with Gasteiger partial charge in [0.05, 0.1) is 0 Å². The molecule has 0 aromatic rings. The van der Waals surface area contributed by atoms with Crippen molar-refractivity contribution in [2.75, 3.05) is 0 Å². The molecule has 5 heteroatoms. The van der Waals surface area contributed by atoms with E-state index in [1.165, 1.54) is 13.0 Å². The zero-order chi connectivity index (χ0) is 8.15. The molecule has 0 saturated heterocycles. The molecule has 0 saturated carbocycles. The number of rotatable bonds is 2. The third-order valence-electron chi connectivity index (χ3n) is 0.757. The van der Waals surface area contributed by atoms with Gasteiger partial charge in [0.2, 0.25) is 0 Å². The molecule has 0 fully saturated rings. The van der Waals surface area contributed by atoms with Gasteiger partial charge in [-0.15, -0.1) is 0 Å². The number of hydrogen-bond acceptors (Lipinski definition) is 2. The first kappa shape index (κ1) is 8.87. The van der Waals surface area contributed by atoms with Crippen molar-refractivity contribution in [3.05, 3.63) is 12.7 Å². The van der Waals surface area contributed by atoms with E-state index >= 15 is 0 Å². The Hall–Kier alpha value is -1.13. The van der Waals surface area contributed by atoms with Gasteiger partial charge in [0.1, 0.15) is 6.10 Å². The zero-order valence-electron chi connectivity index (χ0n) is 5.38. The fourth-order valence-electron chi connectivity index (χ4n) is 0.247. The zero-order valence-corrected chi connectivity index (χ0v) is 5.38. The Kier molecular flexibility index (Phi) is 3.38. The van der Waals surface area contributed by atoms with E-state index in [4.69, 9.17) is 0 Å². The maximum absolute atomic E-state index is 11.2. The van der Waals surface area contributed by atoms with Crippen molar-refractivity contribution < 1.29 is 18.5 Å². The van der Waals surface area contributed by atoms with E-state index in [1.54, 1.807) is 0 Å². The topological polar surface area (TPSA) is 29.5 Å². The SMILES string of the molecule is C=CC(C)OC(=O)N(F)F. The van der Waals surface area contributed by atoms with Crippen molar-refractivity contribution in [1.82, 2.24) is 5.34 Å². The number of hydrogen-bond donors (Lipinski definition) is 0. The van der Waals surface area contributed by atoms with Crippen LogP contribution >= 0.6 is 0 Å². The van der Waals surface area contributed by atoms with Crippen molar-refractivity contribution in [3.63, 3.8) is 0 Å². The number of carbonyl (C=O) groups excluding carboxylic acids is 1. The summed E-state index contributed by atoms with van der Waals surface area (Å²) in [5.41, 5.74) is 0. The second-order valence-electron chi connectivity index (χ2n) is 1.56. The van der Waals surface area contributed by atoms with Gasteiger partial charge in [-0.2, -0.15) is 0 Å². The molecule has 0 aliphatic heterocycles. The van der Waals surface area contributed by atoms with Crippen molar-refractivity contribution in [1.29, 1.82) is 0 Å². The summed E-state index contributed by atoms with van der Waals surface area (Å²) in [5, 5.41) is -1.62. The summed E-state index contributed by atoms with van der Waals surface area (Å²) in [6.07, 6.45) is -1.13. The van der Waals surface area contributed by atoms with Crippen LogP contribution in [0.3, 0.4) is 0 Å². The van der Waals surface area contributed by atoms with Gasteiger partial charge in [-0.05, 0) is 6.92 Å². The monoisotopic (exact) mass is 151 g/mol. The molecule has 0 aliphatic carbocycles. The highest BCUT2D eigenvalue weighted by molar-refractivity contribution is 5.65. The molecule has 1 unspecified atom stereocenters. The fourth-order valence-corrected chi connectivity index (χ4v) is 0.247. The molecule has 0 heterocycles. The second-order valence-corrected chi connectivity index (χ2v) is 1.56. The van der Waals surface area contributed by atoms with Crippen molar-refractivity contribution in [2.24, 2.45) is 0 Å². The molecule has 1 amide bonds. The lowest BCUT2D eigenvalue weighted by atomic mass is 10.4. The van der Waals surface area contributed by atoms with Crippen LogP contribution < -0.4 is 0 Å². The number of halogens is 2. The molecule has 0 aromatic heterocycles. The summed E-state index contributed by atoms with van der Waals surface area (Å²) in [7, 11) is 0. The van der Waals surface area contributed by atoms with Crippen LogP contribution in [0.1, 0.15) is 6.92 Å². The summed E-state index contributed by atoms with van der Waals surface area (Å²) >= 11 is 0. The molecule has 3 nitrogen and oxygen atoms in total. The van der Waals surface area contributed by atoms with Crippen LogP contribution in [-0.4, -0.2) is 17.5 Å². The minimum Gasteiger partial charge on any atom is -0.439 e. The van der Waals surface area contributed by atoms with Gasteiger partial charge in [-0.3, -0.25) is 0 Å². The Labute approximate surface area is 56.7 Å². The van der Waals surface area contributed by atoms with Crippen LogP contribution in [0.4, 0.5) is 13.8 Å². The third kappa shape index (κ3) is 3.01. The first-order valence-corrected chi connectivity index (χ1v) is 2.52. The Morgan fingerprint density at radius 1 is 1.80 bits per heavy atom. The van der Waals surface area contributed by atoms with E-state index in [2.05, 4.69) is 11.3 Å². The number of ether oxygens (including phenoxy) is 1. The summed E-state index contributed by atoms with van der Waals surface area (Å²) in [4.78, 5) is 10.0. The number of amides is 1. The normalized spacial score (nSPS) is 11.9. The van der Waals surface area contributed by atoms with Crippen LogP contribution in [0.15, 0.2) is 12.7 Å². The second kappa shape index (κ2) is 3.81. The Balaban J connectivity index is 3.68. The van der Waals surface area contributed by atoms with Crippen LogP contribution in [0.2, 0.25) is 0 Å². The average Bonchev–Trinajstić information content (AvgIpc) is 1.87. The van der Waals surface area contributed by atoms with Crippen molar-refractivity contribution in [2.45, 2.75) is 13.0 Å². The molecule has 10 heavy (non-hydrogen) atoms. The predicted molar refractivity (Wildman–Crippen MR) is 30.2 cm³/mol. The van der Waals surface area contributed by atoms with Gasteiger partial charge in [0.15, 0.2) is 0 Å². The number of nitrogens with zero attached hydrogens (tertiary/aromatic N) is 1. The summed E-state index contributed by atoms with van der Waals surface area (Å²) < 4.78 is 26.6. The Morgan fingerprint density at radius 2 is 2.30 bits per heavy atom. The maximum atomic E-state index is 11.2. The molecule has 0 aliphatic rings. The van der Waals surface area contributed by atoms with Crippen LogP contribution in [0.5, 0.6) is 0 Å². The molecule has 0 spiro atoms. The van der Waals surface area contributed by atoms with Gasteiger partial charge < -0.3 is 4.74 Å². The Bertz CT molecular complexity index is 138. The largest absolute Gasteiger partial charge is 0.468 e. The minimum atomic E-state index is -1.67. The molecule has 0 bridgehead atoms. The highest BCUT2D eigenvalue weighted by atomic mass is 19.4. The van der Waals surface area contributed by atoms with Crippen LogP contribution in [0.25, 0.3) is 0 Å². The van der Waals surface area contributed by atoms with Gasteiger partial charge in [-0.25, -0.2) is 4.79 Å². The molecular weight excluding hydrogens is 144 g/mol. The lowest BCUT2D eigenvalue weighted by Gasteiger charge is -2.06. The lowest BCUT2D eigenvalue weighted by Crippen LogP contribution is -2.19. The maximum Gasteiger partial charge on any atom is 0.468 e. The van der Waals surface area contributed by atoms with Gasteiger partial charge >= 0.3 is 6.09 Å². The fraction of sp³-hybridized carbons (Fsp3) is 0.400. The van der Waals surface area contributed by atoms with Crippen molar-refractivity contribution in [3.8, 4) is 0 Å². The minimum absolute atomic E-state index is 0.693. The van der Waals surface area contributed by atoms with E-state index in [0.29, 0.717) is 0 Å². The van der Waals surface area contributed by atoms with E-state index in [9.17, 15) is 13.8 Å². The molecule has 0 aromatic carbocycles. The van der Waals surface area contributed by atoms with Crippen molar-refractivity contribution >= 4 is 6.09 Å². The Morgan fingerprint density at radius 3 is 2.60 bits per heavy atom. The van der Waals surface area contributed by atoms with Crippen LogP contribution in [-0.2, 0) is 4.74 Å². The smallest absolute Gasteiger partial charge is 0.439 e.